The molecule has 2 aromatic carbocycles. The maximum Gasteiger partial charge on any atom is 0.300 e. The zero-order valence-corrected chi connectivity index (χ0v) is 15.2. The summed E-state index contributed by atoms with van der Waals surface area (Å²) in [7, 11) is 0. The first-order valence-corrected chi connectivity index (χ1v) is 8.97. The van der Waals surface area contributed by atoms with Crippen molar-refractivity contribution in [3.8, 4) is 22.6 Å². The van der Waals surface area contributed by atoms with Crippen LogP contribution in [0.3, 0.4) is 0 Å². The molecule has 1 atom stereocenters. The van der Waals surface area contributed by atoms with Crippen LogP contribution in [0, 0.1) is 12.8 Å². The molecule has 3 aromatic rings. The van der Waals surface area contributed by atoms with Crippen molar-refractivity contribution in [2.24, 2.45) is 5.92 Å². The lowest BCUT2D eigenvalue weighted by Gasteiger charge is -2.31. The van der Waals surface area contributed by atoms with Gasteiger partial charge >= 0.3 is 0 Å². The predicted molar refractivity (Wildman–Crippen MR) is 104 cm³/mol. The maximum atomic E-state index is 12.7. The predicted octanol–water partition coefficient (Wildman–Crippen LogP) is 4.25. The first-order valence-electron chi connectivity index (χ1n) is 8.97. The van der Waals surface area contributed by atoms with Crippen LogP contribution in [0.25, 0.3) is 22.6 Å². The second kappa shape index (κ2) is 6.41. The van der Waals surface area contributed by atoms with E-state index in [1.165, 1.54) is 0 Å². The van der Waals surface area contributed by atoms with E-state index in [0.717, 1.165) is 28.8 Å². The average molecular weight is 346 g/mol. The van der Waals surface area contributed by atoms with Gasteiger partial charge in [-0.15, -0.1) is 0 Å². The van der Waals surface area contributed by atoms with Gasteiger partial charge < -0.3 is 5.32 Å². The van der Waals surface area contributed by atoms with E-state index in [2.05, 4.69) is 24.1 Å². The number of benzene rings is 2. The van der Waals surface area contributed by atoms with Crippen molar-refractivity contribution < 1.29 is 0 Å². The van der Waals surface area contributed by atoms with Gasteiger partial charge in [-0.1, -0.05) is 55.8 Å². The van der Waals surface area contributed by atoms with Crippen LogP contribution >= 0.6 is 0 Å². The second-order valence-corrected chi connectivity index (χ2v) is 7.24. The lowest BCUT2D eigenvalue weighted by Crippen LogP contribution is -2.32. The Labute approximate surface area is 152 Å². The average Bonchev–Trinajstić information content (AvgIpc) is 2.62. The fourth-order valence-corrected chi connectivity index (χ4v) is 3.34. The molecule has 0 saturated heterocycles. The monoisotopic (exact) mass is 346 g/mol. The zero-order valence-electron chi connectivity index (χ0n) is 15.2. The number of aromatic nitrogens is 3. The van der Waals surface area contributed by atoms with Crippen molar-refractivity contribution in [2.45, 2.75) is 33.4 Å². The summed E-state index contributed by atoms with van der Waals surface area (Å²) in [4.78, 5) is 17.1. The van der Waals surface area contributed by atoms with Crippen LogP contribution in [0.2, 0.25) is 0 Å². The van der Waals surface area contributed by atoms with E-state index in [9.17, 15) is 4.79 Å². The lowest BCUT2D eigenvalue weighted by atomic mass is 10.0. The summed E-state index contributed by atoms with van der Waals surface area (Å²) in [5, 5.41) is 8.28. The van der Waals surface area contributed by atoms with Crippen LogP contribution in [0.1, 0.15) is 32.0 Å². The van der Waals surface area contributed by atoms with Gasteiger partial charge in [0, 0.05) is 16.8 Å². The molecule has 4 rings (SSSR count). The minimum absolute atomic E-state index is 0.0304. The third-order valence-corrected chi connectivity index (χ3v) is 4.64. The Morgan fingerprint density at radius 2 is 1.85 bits per heavy atom. The van der Waals surface area contributed by atoms with Gasteiger partial charge in [-0.3, -0.25) is 4.79 Å². The topological polar surface area (TPSA) is 59.8 Å². The van der Waals surface area contributed by atoms with E-state index < -0.39 is 0 Å². The largest absolute Gasteiger partial charge is 0.363 e. The number of aryl methyl sites for hydroxylation is 1. The fraction of sp³-hybridized carbons (Fsp3) is 0.286. The standard InChI is InChI=1S/C21H22N4O/c1-13(2)12-18-22-17-7-5-4-6-16(17)20-23-21(26)19(24-25(18)20)15-10-8-14(3)9-11-15/h4-11,13,18,22H,12H2,1-3H3/t18-/m0/s1. The number of hydrogen-bond donors (Lipinski definition) is 1. The van der Waals surface area contributed by atoms with Gasteiger partial charge in [-0.25, -0.2) is 4.68 Å². The summed E-state index contributed by atoms with van der Waals surface area (Å²) in [6.07, 6.45) is 0.865. The molecule has 0 bridgehead atoms. The summed E-state index contributed by atoms with van der Waals surface area (Å²) < 4.78 is 1.87. The molecular weight excluding hydrogens is 324 g/mol. The third kappa shape index (κ3) is 2.90. The van der Waals surface area contributed by atoms with E-state index in [0.29, 0.717) is 17.4 Å². The lowest BCUT2D eigenvalue weighted by molar-refractivity contribution is 0.398. The molecule has 0 aliphatic carbocycles. The van der Waals surface area contributed by atoms with Gasteiger partial charge in [0.2, 0.25) is 0 Å². The molecule has 0 unspecified atom stereocenters. The number of para-hydroxylation sites is 1. The quantitative estimate of drug-likeness (QED) is 0.770. The molecule has 132 valence electrons. The molecular formula is C21H22N4O. The van der Waals surface area contributed by atoms with Crippen LogP contribution < -0.4 is 10.9 Å². The number of fused-ring (bicyclic) bond motifs is 3. The highest BCUT2D eigenvalue weighted by molar-refractivity contribution is 5.76. The molecule has 0 fully saturated rings. The van der Waals surface area contributed by atoms with Crippen LogP contribution in [0.5, 0.6) is 0 Å². The number of nitrogens with one attached hydrogen (secondary N) is 1. The molecule has 2 heterocycles. The number of rotatable bonds is 3. The first kappa shape index (κ1) is 16.5. The maximum absolute atomic E-state index is 12.7. The molecule has 5 heteroatoms. The van der Waals surface area contributed by atoms with Crippen molar-refractivity contribution >= 4 is 5.69 Å². The van der Waals surface area contributed by atoms with Crippen LogP contribution in [0.4, 0.5) is 5.69 Å². The Bertz CT molecular complexity index is 1010. The highest BCUT2D eigenvalue weighted by Gasteiger charge is 2.27. The highest BCUT2D eigenvalue weighted by Crippen LogP contribution is 2.35. The summed E-state index contributed by atoms with van der Waals surface area (Å²) in [6, 6.07) is 15.8. The van der Waals surface area contributed by atoms with Crippen molar-refractivity contribution in [1.29, 1.82) is 0 Å². The van der Waals surface area contributed by atoms with E-state index in [4.69, 9.17) is 5.10 Å². The Hall–Kier alpha value is -2.95. The number of anilines is 1. The van der Waals surface area contributed by atoms with Gasteiger partial charge in [0.1, 0.15) is 6.17 Å². The fourth-order valence-electron chi connectivity index (χ4n) is 3.34. The minimum Gasteiger partial charge on any atom is -0.363 e. The van der Waals surface area contributed by atoms with E-state index >= 15 is 0 Å². The summed E-state index contributed by atoms with van der Waals surface area (Å²) in [5.74, 6) is 1.11. The number of nitrogens with zero attached hydrogens (tertiary/aromatic N) is 3. The van der Waals surface area contributed by atoms with E-state index in [1.54, 1.807) is 0 Å². The van der Waals surface area contributed by atoms with Crippen LogP contribution in [-0.4, -0.2) is 14.8 Å². The van der Waals surface area contributed by atoms with Crippen molar-refractivity contribution in [3.63, 3.8) is 0 Å². The third-order valence-electron chi connectivity index (χ3n) is 4.64. The SMILES string of the molecule is Cc1ccc(-c2nn3c(nc2=O)-c2ccccc2N[C@@H]3CC(C)C)cc1. The molecule has 1 aromatic heterocycles. The molecule has 26 heavy (non-hydrogen) atoms. The van der Waals surface area contributed by atoms with Gasteiger partial charge in [0.05, 0.1) is 0 Å². The van der Waals surface area contributed by atoms with Gasteiger partial charge in [0.25, 0.3) is 5.56 Å². The zero-order chi connectivity index (χ0) is 18.3. The van der Waals surface area contributed by atoms with Crippen molar-refractivity contribution in [3.05, 3.63) is 64.4 Å². The molecule has 0 radical (unpaired) electrons. The van der Waals surface area contributed by atoms with Gasteiger partial charge in [-0.2, -0.15) is 10.1 Å². The first-order chi connectivity index (χ1) is 12.5. The Morgan fingerprint density at radius 1 is 1.12 bits per heavy atom. The van der Waals surface area contributed by atoms with E-state index in [-0.39, 0.29) is 11.7 Å². The van der Waals surface area contributed by atoms with E-state index in [1.807, 2.05) is 60.1 Å². The molecule has 1 aliphatic heterocycles. The van der Waals surface area contributed by atoms with Gasteiger partial charge in [0.15, 0.2) is 11.5 Å². The Kier molecular flexibility index (Phi) is 4.07. The summed E-state index contributed by atoms with van der Waals surface area (Å²) >= 11 is 0. The molecule has 5 nitrogen and oxygen atoms in total. The summed E-state index contributed by atoms with van der Waals surface area (Å²) in [6.45, 7) is 6.38. The smallest absolute Gasteiger partial charge is 0.300 e. The van der Waals surface area contributed by atoms with Crippen molar-refractivity contribution in [1.82, 2.24) is 14.8 Å². The molecule has 0 amide bonds. The van der Waals surface area contributed by atoms with Crippen LogP contribution in [0.15, 0.2) is 53.3 Å². The van der Waals surface area contributed by atoms with Crippen LogP contribution in [-0.2, 0) is 0 Å². The normalized spacial score (nSPS) is 15.3. The van der Waals surface area contributed by atoms with Gasteiger partial charge in [-0.05, 0) is 31.4 Å². The minimum atomic E-state index is -0.292. The Balaban J connectivity index is 1.91. The highest BCUT2D eigenvalue weighted by atomic mass is 16.1. The summed E-state index contributed by atoms with van der Waals surface area (Å²) in [5.41, 5.74) is 3.95. The molecule has 1 N–H and O–H groups in total. The van der Waals surface area contributed by atoms with Crippen molar-refractivity contribution in [2.75, 3.05) is 5.32 Å². The molecule has 0 saturated carbocycles. The Morgan fingerprint density at radius 3 is 2.58 bits per heavy atom. The second-order valence-electron chi connectivity index (χ2n) is 7.24. The molecule has 0 spiro atoms. The molecule has 1 aliphatic rings. The number of hydrogen-bond acceptors (Lipinski definition) is 4.